The molecule has 1 heterocycles. The SMILES string of the molecule is CNC(=S)Nc1ccc(NC(=S)NCCOCCOCCO[C@H]2OC(CO)[C@@H](O)C(O)[C@H]2O)cc1. The van der Waals surface area contributed by atoms with Gasteiger partial charge in [-0.2, -0.15) is 0 Å². The molecule has 35 heavy (non-hydrogen) atoms. The quantitative estimate of drug-likeness (QED) is 0.112. The van der Waals surface area contributed by atoms with Gasteiger partial charge in [0.15, 0.2) is 16.5 Å². The average molecular weight is 535 g/mol. The van der Waals surface area contributed by atoms with Crippen molar-refractivity contribution in [3.8, 4) is 0 Å². The maximum Gasteiger partial charge on any atom is 0.186 e. The number of aliphatic hydroxyl groups is 4. The van der Waals surface area contributed by atoms with Crippen LogP contribution in [0.25, 0.3) is 0 Å². The van der Waals surface area contributed by atoms with Crippen molar-refractivity contribution in [2.45, 2.75) is 30.7 Å². The van der Waals surface area contributed by atoms with Crippen LogP contribution in [0.2, 0.25) is 0 Å². The zero-order valence-electron chi connectivity index (χ0n) is 19.4. The summed E-state index contributed by atoms with van der Waals surface area (Å²) in [5, 5.41) is 51.5. The first kappa shape index (κ1) is 29.5. The normalized spacial score (nSPS) is 24.0. The average Bonchev–Trinajstić information content (AvgIpc) is 2.86. The van der Waals surface area contributed by atoms with E-state index in [1.54, 1.807) is 7.05 Å². The molecule has 1 saturated heterocycles. The maximum absolute atomic E-state index is 9.88. The predicted octanol–water partition coefficient (Wildman–Crippen LogP) is -1.26. The highest BCUT2D eigenvalue weighted by molar-refractivity contribution is 7.80. The molecule has 2 unspecified atom stereocenters. The number of rotatable bonds is 13. The van der Waals surface area contributed by atoms with Crippen LogP contribution in [-0.4, -0.2) is 115 Å². The Bertz CT molecular complexity index is 774. The Kier molecular flexibility index (Phi) is 13.6. The van der Waals surface area contributed by atoms with E-state index >= 15 is 0 Å². The molecule has 1 aliphatic heterocycles. The van der Waals surface area contributed by atoms with Gasteiger partial charge in [0.25, 0.3) is 0 Å². The molecule has 1 aromatic rings. The van der Waals surface area contributed by atoms with Crippen LogP contribution in [0.4, 0.5) is 11.4 Å². The predicted molar refractivity (Wildman–Crippen MR) is 137 cm³/mol. The van der Waals surface area contributed by atoms with E-state index in [9.17, 15) is 15.3 Å². The fraction of sp³-hybridized carbons (Fsp3) is 0.619. The molecule has 0 spiro atoms. The van der Waals surface area contributed by atoms with Gasteiger partial charge < -0.3 is 60.6 Å². The topological polar surface area (TPSA) is 166 Å². The molecule has 0 bridgehead atoms. The van der Waals surface area contributed by atoms with E-state index in [0.29, 0.717) is 36.6 Å². The van der Waals surface area contributed by atoms with Crippen molar-refractivity contribution in [2.24, 2.45) is 0 Å². The number of aliphatic hydroxyl groups excluding tert-OH is 4. The molecule has 0 saturated carbocycles. The van der Waals surface area contributed by atoms with Gasteiger partial charge in [-0.15, -0.1) is 0 Å². The van der Waals surface area contributed by atoms with E-state index < -0.39 is 37.3 Å². The number of benzene rings is 1. The molecule has 14 heteroatoms. The third kappa shape index (κ3) is 10.4. The molecule has 1 fully saturated rings. The van der Waals surface area contributed by atoms with Crippen molar-refractivity contribution in [1.29, 1.82) is 0 Å². The molecule has 0 radical (unpaired) electrons. The summed E-state index contributed by atoms with van der Waals surface area (Å²) in [6.07, 6.45) is -6.49. The molecular weight excluding hydrogens is 500 g/mol. The number of hydrogen-bond acceptors (Lipinski definition) is 10. The van der Waals surface area contributed by atoms with Gasteiger partial charge in [-0.3, -0.25) is 0 Å². The number of ether oxygens (including phenoxy) is 4. The molecule has 0 aromatic heterocycles. The second kappa shape index (κ2) is 16.1. The third-order valence-corrected chi connectivity index (χ3v) is 5.44. The maximum atomic E-state index is 9.88. The van der Waals surface area contributed by atoms with E-state index in [1.807, 2.05) is 24.3 Å². The van der Waals surface area contributed by atoms with Gasteiger partial charge in [0.05, 0.1) is 39.6 Å². The number of nitrogens with one attached hydrogen (secondary N) is 4. The Morgan fingerprint density at radius 3 is 2.03 bits per heavy atom. The fourth-order valence-electron chi connectivity index (χ4n) is 2.99. The highest BCUT2D eigenvalue weighted by Gasteiger charge is 2.43. The van der Waals surface area contributed by atoms with Gasteiger partial charge in [-0.05, 0) is 48.7 Å². The van der Waals surface area contributed by atoms with Gasteiger partial charge in [0.1, 0.15) is 24.4 Å². The summed E-state index contributed by atoms with van der Waals surface area (Å²) in [5.41, 5.74) is 1.70. The summed E-state index contributed by atoms with van der Waals surface area (Å²) in [4.78, 5) is 0. The monoisotopic (exact) mass is 534 g/mol. The highest BCUT2D eigenvalue weighted by Crippen LogP contribution is 2.21. The number of hydrogen-bond donors (Lipinski definition) is 8. The number of anilines is 2. The fourth-order valence-corrected chi connectivity index (χ4v) is 3.33. The zero-order valence-corrected chi connectivity index (χ0v) is 21.0. The summed E-state index contributed by atoms with van der Waals surface area (Å²) in [6, 6.07) is 7.52. The lowest BCUT2D eigenvalue weighted by Crippen LogP contribution is -2.59. The first-order valence-corrected chi connectivity index (χ1v) is 11.9. The Morgan fingerprint density at radius 2 is 1.43 bits per heavy atom. The molecule has 1 aliphatic rings. The number of thiocarbonyl (C=S) groups is 2. The summed E-state index contributed by atoms with van der Waals surface area (Å²) in [6.45, 7) is 1.43. The third-order valence-electron chi connectivity index (χ3n) is 4.89. The van der Waals surface area contributed by atoms with Crippen LogP contribution in [0, 0.1) is 0 Å². The van der Waals surface area contributed by atoms with Gasteiger partial charge in [-0.1, -0.05) is 0 Å². The Morgan fingerprint density at radius 1 is 0.857 bits per heavy atom. The van der Waals surface area contributed by atoms with E-state index in [1.165, 1.54) is 0 Å². The van der Waals surface area contributed by atoms with Gasteiger partial charge in [-0.25, -0.2) is 0 Å². The van der Waals surface area contributed by atoms with Crippen LogP contribution in [0.15, 0.2) is 24.3 Å². The van der Waals surface area contributed by atoms with Crippen molar-refractivity contribution in [1.82, 2.24) is 10.6 Å². The van der Waals surface area contributed by atoms with E-state index in [0.717, 1.165) is 11.4 Å². The van der Waals surface area contributed by atoms with Crippen molar-refractivity contribution in [3.05, 3.63) is 24.3 Å². The highest BCUT2D eigenvalue weighted by atomic mass is 32.1. The summed E-state index contributed by atoms with van der Waals surface area (Å²) in [5.74, 6) is 0. The standard InChI is InChI=1S/C21H34N4O8S2/c1-22-20(34)24-13-2-4-14(5-3-13)25-21(35)23-6-7-30-8-9-31-10-11-32-19-18(29)17(28)16(27)15(12-26)33-19/h2-5,15-19,26-29H,6-12H2,1H3,(H2,22,24,34)(H2,23,25,35)/t15?,16-,17?,18-,19+/m1/s1. The lowest BCUT2D eigenvalue weighted by molar-refractivity contribution is -0.302. The molecule has 0 amide bonds. The molecule has 1 aromatic carbocycles. The van der Waals surface area contributed by atoms with Crippen LogP contribution < -0.4 is 21.3 Å². The van der Waals surface area contributed by atoms with Gasteiger partial charge in [0.2, 0.25) is 0 Å². The lowest BCUT2D eigenvalue weighted by atomic mass is 9.99. The van der Waals surface area contributed by atoms with E-state index in [2.05, 4.69) is 21.3 Å². The molecule has 198 valence electrons. The summed E-state index contributed by atoms with van der Waals surface area (Å²) >= 11 is 10.3. The van der Waals surface area contributed by atoms with Crippen molar-refractivity contribution in [3.63, 3.8) is 0 Å². The molecule has 12 nitrogen and oxygen atoms in total. The summed E-state index contributed by atoms with van der Waals surface area (Å²) < 4.78 is 21.4. The molecule has 2 rings (SSSR count). The van der Waals surface area contributed by atoms with Crippen LogP contribution in [0.3, 0.4) is 0 Å². The zero-order chi connectivity index (χ0) is 25.6. The van der Waals surface area contributed by atoms with Crippen molar-refractivity contribution in [2.75, 3.05) is 63.9 Å². The molecule has 8 N–H and O–H groups in total. The van der Waals surface area contributed by atoms with Gasteiger partial charge >= 0.3 is 0 Å². The first-order chi connectivity index (χ1) is 16.8. The van der Waals surface area contributed by atoms with Crippen LogP contribution in [-0.2, 0) is 18.9 Å². The van der Waals surface area contributed by atoms with Gasteiger partial charge in [0, 0.05) is 25.0 Å². The first-order valence-electron chi connectivity index (χ1n) is 11.1. The van der Waals surface area contributed by atoms with E-state index in [4.69, 9.17) is 48.5 Å². The Balaban J connectivity index is 1.47. The molecule has 5 atom stereocenters. The lowest BCUT2D eigenvalue weighted by Gasteiger charge is -2.39. The Labute approximate surface area is 214 Å². The summed E-state index contributed by atoms with van der Waals surface area (Å²) in [7, 11) is 1.75. The second-order valence-corrected chi connectivity index (χ2v) is 8.27. The van der Waals surface area contributed by atoms with E-state index in [-0.39, 0.29) is 13.2 Å². The van der Waals surface area contributed by atoms with Crippen molar-refractivity contribution >= 4 is 46.0 Å². The minimum Gasteiger partial charge on any atom is -0.394 e. The smallest absolute Gasteiger partial charge is 0.186 e. The van der Waals surface area contributed by atoms with Crippen LogP contribution in [0.5, 0.6) is 0 Å². The second-order valence-electron chi connectivity index (χ2n) is 7.46. The van der Waals surface area contributed by atoms with Crippen LogP contribution >= 0.6 is 24.4 Å². The van der Waals surface area contributed by atoms with Crippen LogP contribution in [0.1, 0.15) is 0 Å². The Hall–Kier alpha value is -1.72. The van der Waals surface area contributed by atoms with Crippen molar-refractivity contribution < 1.29 is 39.4 Å². The molecular formula is C21H34N4O8S2. The minimum absolute atomic E-state index is 0.0867. The molecule has 0 aliphatic carbocycles. The minimum atomic E-state index is -1.47. The largest absolute Gasteiger partial charge is 0.394 e.